The number of amides is 6. The molecule has 0 rings (SSSR count). The Morgan fingerprint density at radius 2 is 1.21 bits per heavy atom. The molecule has 14 N–H and O–H groups in total. The van der Waals surface area contributed by atoms with Crippen LogP contribution in [0.2, 0.25) is 0 Å². The Kier molecular flexibility index (Phi) is 17.6. The number of aliphatic carboxylic acids is 2. The molecule has 0 aromatic rings. The van der Waals surface area contributed by atoms with E-state index in [-0.39, 0.29) is 25.3 Å². The van der Waals surface area contributed by atoms with Crippen molar-refractivity contribution in [2.45, 2.75) is 51.2 Å². The molecule has 0 fully saturated rings. The molecule has 43 heavy (non-hydrogen) atoms. The maximum atomic E-state index is 13.0. The summed E-state index contributed by atoms with van der Waals surface area (Å²) in [6.45, 7) is 1.06. The van der Waals surface area contributed by atoms with Gasteiger partial charge in [-0.15, -0.1) is 0 Å². The van der Waals surface area contributed by atoms with E-state index < -0.39 is 104 Å². The Morgan fingerprint density at radius 1 is 0.698 bits per heavy atom. The van der Waals surface area contributed by atoms with Gasteiger partial charge in [0.1, 0.15) is 18.6 Å². The lowest BCUT2D eigenvalue weighted by Gasteiger charge is -2.26. The van der Waals surface area contributed by atoms with Gasteiger partial charge in [0.05, 0.1) is 32.1 Å². The van der Waals surface area contributed by atoms with Crippen molar-refractivity contribution in [1.82, 2.24) is 31.9 Å². The highest BCUT2D eigenvalue weighted by molar-refractivity contribution is 5.95. The van der Waals surface area contributed by atoms with Gasteiger partial charge in [-0.1, -0.05) is 13.8 Å². The molecule has 3 atom stereocenters. The van der Waals surface area contributed by atoms with Gasteiger partial charge in [0, 0.05) is 6.54 Å². The van der Waals surface area contributed by atoms with Crippen molar-refractivity contribution in [2.75, 3.05) is 32.7 Å². The van der Waals surface area contributed by atoms with Crippen LogP contribution >= 0.6 is 0 Å². The van der Waals surface area contributed by atoms with Crippen LogP contribution in [0, 0.1) is 5.92 Å². The van der Waals surface area contributed by atoms with E-state index in [9.17, 15) is 38.4 Å². The Morgan fingerprint density at radius 3 is 1.67 bits per heavy atom. The van der Waals surface area contributed by atoms with Crippen molar-refractivity contribution in [3.63, 3.8) is 0 Å². The number of hydrogen-bond donors (Lipinski definition) is 11. The molecule has 20 nitrogen and oxygen atoms in total. The zero-order valence-corrected chi connectivity index (χ0v) is 23.8. The van der Waals surface area contributed by atoms with Crippen LogP contribution in [0.25, 0.3) is 0 Å². The summed E-state index contributed by atoms with van der Waals surface area (Å²) >= 11 is 0. The van der Waals surface area contributed by atoms with Crippen LogP contribution in [-0.2, 0) is 38.4 Å². The summed E-state index contributed by atoms with van der Waals surface area (Å²) in [5.41, 5.74) is 16.1. The van der Waals surface area contributed by atoms with E-state index in [4.69, 9.17) is 27.4 Å². The Balaban J connectivity index is 5.06. The lowest BCUT2D eigenvalue weighted by molar-refractivity contribution is -0.140. The van der Waals surface area contributed by atoms with E-state index >= 15 is 0 Å². The van der Waals surface area contributed by atoms with Crippen molar-refractivity contribution in [1.29, 1.82) is 0 Å². The summed E-state index contributed by atoms with van der Waals surface area (Å²) in [6, 6.07) is -3.84. The summed E-state index contributed by atoms with van der Waals surface area (Å²) in [5, 5.41) is 30.9. The molecular formula is C23H40N10O10. The Hall–Kier alpha value is -5.01. The molecule has 0 heterocycles. The van der Waals surface area contributed by atoms with Gasteiger partial charge in [-0.05, 0) is 18.8 Å². The van der Waals surface area contributed by atoms with E-state index in [1.807, 2.05) is 5.32 Å². The van der Waals surface area contributed by atoms with Crippen LogP contribution in [0.1, 0.15) is 33.1 Å². The molecule has 0 unspecified atom stereocenters. The topological polar surface area (TPSA) is 340 Å². The molecule has 0 radical (unpaired) electrons. The molecular weight excluding hydrogens is 576 g/mol. The largest absolute Gasteiger partial charge is 0.481 e. The van der Waals surface area contributed by atoms with Gasteiger partial charge in [-0.3, -0.25) is 43.3 Å². The van der Waals surface area contributed by atoms with Crippen molar-refractivity contribution in [3.8, 4) is 0 Å². The highest BCUT2D eigenvalue weighted by Gasteiger charge is 2.30. The van der Waals surface area contributed by atoms with E-state index in [0.29, 0.717) is 0 Å². The first kappa shape index (κ1) is 38.0. The number of aliphatic imine (C=N–C) groups is 1. The number of carbonyl (C=O) groups excluding carboxylic acids is 6. The van der Waals surface area contributed by atoms with Crippen LogP contribution < -0.4 is 49.1 Å². The molecule has 0 saturated heterocycles. The number of carboxylic acid groups (broad SMARTS) is 2. The van der Waals surface area contributed by atoms with E-state index in [1.54, 1.807) is 13.8 Å². The highest BCUT2D eigenvalue weighted by Crippen LogP contribution is 2.06. The van der Waals surface area contributed by atoms with Crippen LogP contribution in [0.5, 0.6) is 0 Å². The van der Waals surface area contributed by atoms with Gasteiger partial charge in [0.25, 0.3) is 0 Å². The van der Waals surface area contributed by atoms with Gasteiger partial charge in [0.15, 0.2) is 5.96 Å². The lowest BCUT2D eigenvalue weighted by Crippen LogP contribution is -2.57. The van der Waals surface area contributed by atoms with Crippen molar-refractivity contribution >= 4 is 53.3 Å². The predicted octanol–water partition coefficient (Wildman–Crippen LogP) is -5.98. The SMILES string of the molecule is CC(C)[C@H](NC(=O)[C@H](CCCN=C(N)N)NC(=O)[C@@H](N)CC(=O)O)C(=O)NCC(=O)NCC(=O)NCC(=O)NCC(=O)O. The molecule has 6 amide bonds. The fourth-order valence-corrected chi connectivity index (χ4v) is 3.12. The summed E-state index contributed by atoms with van der Waals surface area (Å²) in [6.07, 6.45) is -0.451. The van der Waals surface area contributed by atoms with Crippen molar-refractivity contribution in [2.24, 2.45) is 28.1 Å². The van der Waals surface area contributed by atoms with E-state index in [2.05, 4.69) is 31.6 Å². The minimum atomic E-state index is -1.44. The first-order valence-corrected chi connectivity index (χ1v) is 13.0. The summed E-state index contributed by atoms with van der Waals surface area (Å²) in [7, 11) is 0. The zero-order chi connectivity index (χ0) is 33.1. The van der Waals surface area contributed by atoms with Crippen molar-refractivity contribution < 1.29 is 48.6 Å². The number of carboxylic acids is 2. The summed E-state index contributed by atoms with van der Waals surface area (Å²) in [4.78, 5) is 98.5. The fourth-order valence-electron chi connectivity index (χ4n) is 3.12. The molecule has 0 spiro atoms. The number of rotatable bonds is 20. The average Bonchev–Trinajstić information content (AvgIpc) is 2.91. The zero-order valence-electron chi connectivity index (χ0n) is 23.8. The van der Waals surface area contributed by atoms with Crippen molar-refractivity contribution in [3.05, 3.63) is 0 Å². The third-order valence-corrected chi connectivity index (χ3v) is 5.31. The smallest absolute Gasteiger partial charge is 0.322 e. The van der Waals surface area contributed by atoms with E-state index in [1.165, 1.54) is 0 Å². The summed E-state index contributed by atoms with van der Waals surface area (Å²) in [5.74, 6) is -8.00. The van der Waals surface area contributed by atoms with Crippen LogP contribution in [-0.4, -0.2) is 114 Å². The first-order valence-electron chi connectivity index (χ1n) is 13.0. The molecule has 0 bridgehead atoms. The Labute approximate surface area is 246 Å². The number of guanidine groups is 1. The minimum absolute atomic E-state index is 0.00622. The number of nitrogens with two attached hydrogens (primary N) is 3. The number of nitrogens with one attached hydrogen (secondary N) is 6. The van der Waals surface area contributed by atoms with E-state index in [0.717, 1.165) is 0 Å². The standard InChI is InChI=1S/C23H40N10O10/c1-11(2)19(22(43)31-9-16(36)29-7-14(34)28-8-15(35)30-10-18(39)40)33-21(42)13(4-3-5-27-23(25)26)32-20(41)12(24)6-17(37)38/h11-13,19H,3-10,24H2,1-2H3,(H,28,34)(H,29,36)(H,30,35)(H,31,43)(H,32,41)(H,33,42)(H,37,38)(H,39,40)(H4,25,26,27)/t12-,13-,19-/m0/s1. The van der Waals surface area contributed by atoms with Gasteiger partial charge in [-0.2, -0.15) is 0 Å². The van der Waals surface area contributed by atoms with Gasteiger partial charge in [-0.25, -0.2) is 0 Å². The van der Waals surface area contributed by atoms with Gasteiger partial charge >= 0.3 is 11.9 Å². The second kappa shape index (κ2) is 20.0. The molecule has 20 heteroatoms. The van der Waals surface area contributed by atoms with Crippen LogP contribution in [0.15, 0.2) is 4.99 Å². The minimum Gasteiger partial charge on any atom is -0.481 e. The average molecular weight is 617 g/mol. The molecule has 0 aromatic carbocycles. The highest BCUT2D eigenvalue weighted by atomic mass is 16.4. The normalized spacial score (nSPS) is 12.5. The molecule has 0 aliphatic heterocycles. The maximum absolute atomic E-state index is 13.0. The lowest BCUT2D eigenvalue weighted by atomic mass is 10.0. The molecule has 0 saturated carbocycles. The quantitative estimate of drug-likeness (QED) is 0.0345. The molecule has 0 aliphatic carbocycles. The third kappa shape index (κ3) is 18.1. The monoisotopic (exact) mass is 616 g/mol. The fraction of sp³-hybridized carbons (Fsp3) is 0.609. The molecule has 0 aliphatic rings. The first-order chi connectivity index (χ1) is 20.0. The van der Waals surface area contributed by atoms with Crippen LogP contribution in [0.3, 0.4) is 0 Å². The number of nitrogens with zero attached hydrogens (tertiary/aromatic N) is 1. The molecule has 0 aromatic heterocycles. The second-order valence-corrected chi connectivity index (χ2v) is 9.39. The van der Waals surface area contributed by atoms with Gasteiger partial charge < -0.3 is 59.3 Å². The summed E-state index contributed by atoms with van der Waals surface area (Å²) < 4.78 is 0. The molecule has 242 valence electrons. The second-order valence-electron chi connectivity index (χ2n) is 9.39. The van der Waals surface area contributed by atoms with Crippen LogP contribution in [0.4, 0.5) is 0 Å². The number of hydrogen-bond acceptors (Lipinski definition) is 10. The predicted molar refractivity (Wildman–Crippen MR) is 149 cm³/mol. The Bertz CT molecular complexity index is 1060. The maximum Gasteiger partial charge on any atom is 0.322 e. The number of carbonyl (C=O) groups is 8. The third-order valence-electron chi connectivity index (χ3n) is 5.31. The van der Waals surface area contributed by atoms with Gasteiger partial charge in [0.2, 0.25) is 35.4 Å².